The van der Waals surface area contributed by atoms with E-state index in [2.05, 4.69) is 10.3 Å². The lowest BCUT2D eigenvalue weighted by molar-refractivity contribution is 0.0943. The van der Waals surface area contributed by atoms with Gasteiger partial charge >= 0.3 is 0 Å². The summed E-state index contributed by atoms with van der Waals surface area (Å²) in [6, 6.07) is 5.80. The van der Waals surface area contributed by atoms with Crippen molar-refractivity contribution in [3.63, 3.8) is 0 Å². The third kappa shape index (κ3) is 2.69. The molecule has 0 bridgehead atoms. The summed E-state index contributed by atoms with van der Waals surface area (Å²) < 4.78 is 18.5. The number of carbonyl (C=O) groups is 1. The SMILES string of the molecule is Cc1cnc(CNC(=O)c2ccccc2F)o1. The topological polar surface area (TPSA) is 55.1 Å². The number of aromatic nitrogens is 1. The molecule has 88 valence electrons. The van der Waals surface area contributed by atoms with Crippen molar-refractivity contribution in [2.24, 2.45) is 0 Å². The number of hydrogen-bond donors (Lipinski definition) is 1. The van der Waals surface area contributed by atoms with E-state index < -0.39 is 11.7 Å². The Bertz CT molecular complexity index is 537. The fourth-order valence-electron chi connectivity index (χ4n) is 1.38. The van der Waals surface area contributed by atoms with Crippen LogP contribution < -0.4 is 5.32 Å². The summed E-state index contributed by atoms with van der Waals surface area (Å²) in [7, 11) is 0. The molecule has 0 saturated carbocycles. The Kier molecular flexibility index (Phi) is 3.18. The minimum Gasteiger partial charge on any atom is -0.444 e. The minimum atomic E-state index is -0.548. The highest BCUT2D eigenvalue weighted by Gasteiger charge is 2.11. The van der Waals surface area contributed by atoms with Crippen LogP contribution in [0.3, 0.4) is 0 Å². The van der Waals surface area contributed by atoms with Crippen molar-refractivity contribution in [3.05, 3.63) is 53.5 Å². The molecule has 1 aromatic carbocycles. The molecule has 4 nitrogen and oxygen atoms in total. The maximum Gasteiger partial charge on any atom is 0.254 e. The summed E-state index contributed by atoms with van der Waals surface area (Å²) in [6.07, 6.45) is 1.56. The average molecular weight is 234 g/mol. The second kappa shape index (κ2) is 4.78. The Labute approximate surface area is 97.5 Å². The van der Waals surface area contributed by atoms with Gasteiger partial charge in [0.2, 0.25) is 5.89 Å². The molecule has 0 saturated heterocycles. The largest absolute Gasteiger partial charge is 0.444 e. The van der Waals surface area contributed by atoms with Gasteiger partial charge in [-0.2, -0.15) is 0 Å². The van der Waals surface area contributed by atoms with Gasteiger partial charge in [0, 0.05) is 0 Å². The first-order valence-electron chi connectivity index (χ1n) is 5.11. The first-order chi connectivity index (χ1) is 8.16. The maximum absolute atomic E-state index is 13.3. The van der Waals surface area contributed by atoms with E-state index in [9.17, 15) is 9.18 Å². The number of rotatable bonds is 3. The maximum atomic E-state index is 13.3. The van der Waals surface area contributed by atoms with Crippen molar-refractivity contribution in [3.8, 4) is 0 Å². The highest BCUT2D eigenvalue weighted by atomic mass is 19.1. The van der Waals surface area contributed by atoms with Crippen molar-refractivity contribution in [1.82, 2.24) is 10.3 Å². The zero-order valence-corrected chi connectivity index (χ0v) is 9.24. The Balaban J connectivity index is 2.01. The average Bonchev–Trinajstić information content (AvgIpc) is 2.73. The van der Waals surface area contributed by atoms with E-state index in [-0.39, 0.29) is 12.1 Å². The lowest BCUT2D eigenvalue weighted by Crippen LogP contribution is -2.23. The molecule has 2 aromatic rings. The number of benzene rings is 1. The minimum absolute atomic E-state index is 0.00998. The summed E-state index contributed by atoms with van der Waals surface area (Å²) in [4.78, 5) is 15.6. The van der Waals surface area contributed by atoms with Crippen LogP contribution in [0.2, 0.25) is 0 Å². The Morgan fingerprint density at radius 2 is 2.24 bits per heavy atom. The second-order valence-corrected chi connectivity index (χ2v) is 3.53. The molecule has 0 atom stereocenters. The zero-order valence-electron chi connectivity index (χ0n) is 9.24. The van der Waals surface area contributed by atoms with Crippen molar-refractivity contribution in [2.45, 2.75) is 13.5 Å². The summed E-state index contributed by atoms with van der Waals surface area (Å²) >= 11 is 0. The molecule has 1 N–H and O–H groups in total. The van der Waals surface area contributed by atoms with Crippen LogP contribution in [0.15, 0.2) is 34.9 Å². The molecule has 0 unspecified atom stereocenters. The molecule has 0 aliphatic heterocycles. The van der Waals surface area contributed by atoms with E-state index in [1.807, 2.05) is 0 Å². The number of amides is 1. The highest BCUT2D eigenvalue weighted by molar-refractivity contribution is 5.94. The van der Waals surface area contributed by atoms with Gasteiger partial charge in [0.1, 0.15) is 11.6 Å². The molecule has 17 heavy (non-hydrogen) atoms. The third-order valence-corrected chi connectivity index (χ3v) is 2.19. The van der Waals surface area contributed by atoms with Crippen LogP contribution in [-0.2, 0) is 6.54 Å². The van der Waals surface area contributed by atoms with Crippen LogP contribution in [-0.4, -0.2) is 10.9 Å². The first-order valence-corrected chi connectivity index (χ1v) is 5.11. The standard InChI is InChI=1S/C12H11FN2O2/c1-8-6-14-11(17-8)7-15-12(16)9-4-2-3-5-10(9)13/h2-6H,7H2,1H3,(H,15,16). The lowest BCUT2D eigenvalue weighted by atomic mass is 10.2. The van der Waals surface area contributed by atoms with Crippen molar-refractivity contribution in [2.75, 3.05) is 0 Å². The van der Waals surface area contributed by atoms with Gasteiger partial charge in [0.15, 0.2) is 0 Å². The first kappa shape index (κ1) is 11.3. The number of nitrogens with zero attached hydrogens (tertiary/aromatic N) is 1. The molecule has 1 heterocycles. The number of oxazole rings is 1. The van der Waals surface area contributed by atoms with Gasteiger partial charge in [-0.15, -0.1) is 0 Å². The molecule has 1 amide bonds. The highest BCUT2D eigenvalue weighted by Crippen LogP contribution is 2.06. The van der Waals surface area contributed by atoms with Crippen LogP contribution in [0, 0.1) is 12.7 Å². The Morgan fingerprint density at radius 3 is 2.88 bits per heavy atom. The van der Waals surface area contributed by atoms with Crippen molar-refractivity contribution >= 4 is 5.91 Å². The fraction of sp³-hybridized carbons (Fsp3) is 0.167. The van der Waals surface area contributed by atoms with E-state index in [1.54, 1.807) is 19.2 Å². The third-order valence-electron chi connectivity index (χ3n) is 2.19. The number of carbonyl (C=O) groups excluding carboxylic acids is 1. The van der Waals surface area contributed by atoms with Crippen molar-refractivity contribution in [1.29, 1.82) is 0 Å². The van der Waals surface area contributed by atoms with Crippen LogP contribution in [0.4, 0.5) is 4.39 Å². The summed E-state index contributed by atoms with van der Waals surface area (Å²) in [5.74, 6) is 0.0277. The molecule has 0 fully saturated rings. The molecule has 2 rings (SSSR count). The molecule has 0 aliphatic carbocycles. The van der Waals surface area contributed by atoms with Gasteiger partial charge in [-0.05, 0) is 19.1 Å². The molecular formula is C12H11FN2O2. The van der Waals surface area contributed by atoms with E-state index in [4.69, 9.17) is 4.42 Å². The normalized spacial score (nSPS) is 10.2. The zero-order chi connectivity index (χ0) is 12.3. The summed E-state index contributed by atoms with van der Waals surface area (Å²) in [5, 5.41) is 2.53. The number of halogens is 1. The molecule has 0 radical (unpaired) electrons. The van der Waals surface area contributed by atoms with Gasteiger partial charge < -0.3 is 9.73 Å². The van der Waals surface area contributed by atoms with Crippen molar-refractivity contribution < 1.29 is 13.6 Å². The second-order valence-electron chi connectivity index (χ2n) is 3.53. The lowest BCUT2D eigenvalue weighted by Gasteiger charge is -2.03. The number of hydrogen-bond acceptors (Lipinski definition) is 3. The van der Waals surface area contributed by atoms with Gasteiger partial charge in [0.05, 0.1) is 18.3 Å². The molecule has 0 aliphatic rings. The van der Waals surface area contributed by atoms with E-state index in [1.165, 1.54) is 18.2 Å². The molecule has 5 heteroatoms. The molecule has 1 aromatic heterocycles. The summed E-state index contributed by atoms with van der Waals surface area (Å²) in [5.41, 5.74) is 0.00998. The van der Waals surface area contributed by atoms with Gasteiger partial charge in [-0.25, -0.2) is 9.37 Å². The van der Waals surface area contributed by atoms with E-state index in [0.29, 0.717) is 11.7 Å². The Morgan fingerprint density at radius 1 is 1.47 bits per heavy atom. The van der Waals surface area contributed by atoms with Crippen LogP contribution >= 0.6 is 0 Å². The van der Waals surface area contributed by atoms with Crippen LogP contribution in [0.25, 0.3) is 0 Å². The molecule has 0 spiro atoms. The quantitative estimate of drug-likeness (QED) is 0.884. The predicted molar refractivity (Wildman–Crippen MR) is 58.8 cm³/mol. The monoisotopic (exact) mass is 234 g/mol. The van der Waals surface area contributed by atoms with Crippen LogP contribution in [0.5, 0.6) is 0 Å². The predicted octanol–water partition coefficient (Wildman–Crippen LogP) is 2.05. The number of aryl methyl sites for hydroxylation is 1. The van der Waals surface area contributed by atoms with E-state index in [0.717, 1.165) is 0 Å². The van der Waals surface area contributed by atoms with Crippen LogP contribution in [0.1, 0.15) is 22.0 Å². The smallest absolute Gasteiger partial charge is 0.254 e. The van der Waals surface area contributed by atoms with Gasteiger partial charge in [-0.1, -0.05) is 12.1 Å². The Hall–Kier alpha value is -2.17. The summed E-state index contributed by atoms with van der Waals surface area (Å²) in [6.45, 7) is 1.90. The van der Waals surface area contributed by atoms with Gasteiger partial charge in [-0.3, -0.25) is 4.79 Å². The molecular weight excluding hydrogens is 223 g/mol. The fourth-order valence-corrected chi connectivity index (χ4v) is 1.38. The number of nitrogens with one attached hydrogen (secondary N) is 1. The van der Waals surface area contributed by atoms with Gasteiger partial charge in [0.25, 0.3) is 5.91 Å². The van der Waals surface area contributed by atoms with E-state index >= 15 is 0 Å².